The number of sulfonamides is 1. The zero-order chi connectivity index (χ0) is 18.5. The lowest BCUT2D eigenvalue weighted by molar-refractivity contribution is -0.147. The predicted octanol–water partition coefficient (Wildman–Crippen LogP) is 1.57. The number of fused-ring (bicyclic) bond motifs is 3. The van der Waals surface area contributed by atoms with Crippen LogP contribution in [0, 0.1) is 0 Å². The van der Waals surface area contributed by atoms with Gasteiger partial charge in [0.2, 0.25) is 5.91 Å². The molecule has 1 N–H and O–H groups in total. The Labute approximate surface area is 152 Å². The number of benzene rings is 2. The molecule has 6 nitrogen and oxygen atoms in total. The summed E-state index contributed by atoms with van der Waals surface area (Å²) in [6.45, 7) is 1.50. The van der Waals surface area contributed by atoms with Crippen molar-refractivity contribution in [3.8, 4) is 0 Å². The summed E-state index contributed by atoms with van der Waals surface area (Å²) in [5, 5.41) is 9.75. The molecule has 0 unspecified atom stereocenters. The van der Waals surface area contributed by atoms with E-state index in [0.717, 1.165) is 5.56 Å². The van der Waals surface area contributed by atoms with Crippen molar-refractivity contribution < 1.29 is 18.3 Å². The minimum absolute atomic E-state index is 0.0534. The Morgan fingerprint density at radius 3 is 2.42 bits per heavy atom. The van der Waals surface area contributed by atoms with E-state index >= 15 is 0 Å². The molecule has 0 saturated carbocycles. The molecular formula is C19H20N2O4S. The summed E-state index contributed by atoms with van der Waals surface area (Å²) in [5.74, 6) is -0.205. The summed E-state index contributed by atoms with van der Waals surface area (Å²) in [6, 6.07) is 15.1. The van der Waals surface area contributed by atoms with Crippen LogP contribution in [0.2, 0.25) is 0 Å². The maximum absolute atomic E-state index is 13.2. The molecule has 1 fully saturated rings. The number of hydrogen-bond acceptors (Lipinski definition) is 4. The van der Waals surface area contributed by atoms with Gasteiger partial charge in [0, 0.05) is 12.8 Å². The van der Waals surface area contributed by atoms with Gasteiger partial charge in [-0.2, -0.15) is 0 Å². The molecule has 0 aliphatic carbocycles. The summed E-state index contributed by atoms with van der Waals surface area (Å²) in [4.78, 5) is 13.9. The Morgan fingerprint density at radius 1 is 1.12 bits per heavy atom. The number of amides is 1. The van der Waals surface area contributed by atoms with Gasteiger partial charge < -0.3 is 10.0 Å². The number of aliphatic hydroxyl groups excluding tert-OH is 1. The number of rotatable bonds is 3. The van der Waals surface area contributed by atoms with Crippen molar-refractivity contribution in [3.05, 3.63) is 60.2 Å². The molecule has 2 heterocycles. The average molecular weight is 372 g/mol. The Hall–Kier alpha value is -2.38. The fraction of sp³-hybridized carbons (Fsp3) is 0.316. The van der Waals surface area contributed by atoms with Gasteiger partial charge in [0.25, 0.3) is 10.0 Å². The van der Waals surface area contributed by atoms with E-state index in [9.17, 15) is 18.3 Å². The van der Waals surface area contributed by atoms with Crippen molar-refractivity contribution in [2.24, 2.45) is 0 Å². The normalized spacial score (nSPS) is 24.5. The topological polar surface area (TPSA) is 77.9 Å². The summed E-state index contributed by atoms with van der Waals surface area (Å²) < 4.78 is 27.8. The molecule has 0 bridgehead atoms. The Morgan fingerprint density at radius 2 is 1.77 bits per heavy atom. The lowest BCUT2D eigenvalue weighted by Crippen LogP contribution is -2.70. The molecule has 0 spiro atoms. The summed E-state index contributed by atoms with van der Waals surface area (Å²) in [7, 11) is -3.74. The number of aliphatic hydroxyl groups is 1. The van der Waals surface area contributed by atoms with E-state index in [-0.39, 0.29) is 42.0 Å². The van der Waals surface area contributed by atoms with E-state index in [1.807, 2.05) is 18.2 Å². The van der Waals surface area contributed by atoms with Crippen LogP contribution in [0.3, 0.4) is 0 Å². The number of carbonyl (C=O) groups excluding carboxylic acids is 1. The van der Waals surface area contributed by atoms with Gasteiger partial charge in [0.15, 0.2) is 0 Å². The molecule has 3 atom stereocenters. The first-order chi connectivity index (χ1) is 12.5. The zero-order valence-electron chi connectivity index (χ0n) is 14.3. The van der Waals surface area contributed by atoms with Crippen molar-refractivity contribution in [3.63, 3.8) is 0 Å². The highest BCUT2D eigenvalue weighted by Gasteiger charge is 2.55. The molecule has 7 heteroatoms. The third kappa shape index (κ3) is 2.34. The Kier molecular flexibility index (Phi) is 4.00. The summed E-state index contributed by atoms with van der Waals surface area (Å²) in [5.41, 5.74) is 1.49. The highest BCUT2D eigenvalue weighted by atomic mass is 32.2. The monoisotopic (exact) mass is 372 g/mol. The standard InChI is InChI=1S/C19H20N2O4S/c1-13(23)21-17-11-20(26(24,25)14-7-3-2-4-8-14)16-10-6-5-9-15(16)19(17)18(21)12-22/h2-10,17-19,22H,11-12H2,1H3/t17-,18-,19+/m1/s1. The largest absolute Gasteiger partial charge is 0.394 e. The van der Waals surface area contributed by atoms with E-state index in [0.29, 0.717) is 5.69 Å². The van der Waals surface area contributed by atoms with Gasteiger partial charge in [0.05, 0.1) is 35.8 Å². The minimum Gasteiger partial charge on any atom is -0.394 e. The van der Waals surface area contributed by atoms with Crippen molar-refractivity contribution in [2.75, 3.05) is 17.5 Å². The van der Waals surface area contributed by atoms with Crippen molar-refractivity contribution in [1.82, 2.24) is 4.90 Å². The lowest BCUT2D eigenvalue weighted by Gasteiger charge is -2.58. The molecule has 0 radical (unpaired) electrons. The quantitative estimate of drug-likeness (QED) is 0.887. The maximum atomic E-state index is 13.2. The van der Waals surface area contributed by atoms with Crippen LogP contribution in [0.4, 0.5) is 5.69 Å². The van der Waals surface area contributed by atoms with E-state index < -0.39 is 10.0 Å². The molecule has 1 amide bonds. The number of carbonyl (C=O) groups is 1. The van der Waals surface area contributed by atoms with Crippen LogP contribution in [-0.4, -0.2) is 49.6 Å². The van der Waals surface area contributed by atoms with Crippen LogP contribution in [-0.2, 0) is 14.8 Å². The molecule has 0 aromatic heterocycles. The van der Waals surface area contributed by atoms with Crippen LogP contribution in [0.15, 0.2) is 59.5 Å². The van der Waals surface area contributed by atoms with Crippen molar-refractivity contribution >= 4 is 21.6 Å². The van der Waals surface area contributed by atoms with Crippen molar-refractivity contribution in [1.29, 1.82) is 0 Å². The first-order valence-corrected chi connectivity index (χ1v) is 9.97. The first kappa shape index (κ1) is 17.1. The summed E-state index contributed by atoms with van der Waals surface area (Å²) >= 11 is 0. The molecular weight excluding hydrogens is 352 g/mol. The number of nitrogens with zero attached hydrogens (tertiary/aromatic N) is 2. The molecule has 26 heavy (non-hydrogen) atoms. The van der Waals surface area contributed by atoms with E-state index in [4.69, 9.17) is 0 Å². The smallest absolute Gasteiger partial charge is 0.264 e. The van der Waals surface area contributed by atoms with Crippen molar-refractivity contribution in [2.45, 2.75) is 29.8 Å². The Balaban J connectivity index is 1.83. The van der Waals surface area contributed by atoms with Crippen LogP contribution in [0.1, 0.15) is 18.4 Å². The maximum Gasteiger partial charge on any atom is 0.264 e. The second-order valence-electron chi connectivity index (χ2n) is 6.68. The SMILES string of the molecule is CC(=O)N1[C@H](CO)[C@H]2c3ccccc3N(S(=O)(=O)c3ccccc3)C[C@H]21. The average Bonchev–Trinajstić information content (AvgIpc) is 2.62. The van der Waals surface area contributed by atoms with Gasteiger partial charge in [-0.3, -0.25) is 9.10 Å². The number of hydrogen-bond donors (Lipinski definition) is 1. The third-order valence-corrected chi connectivity index (χ3v) is 7.14. The second kappa shape index (κ2) is 6.10. The molecule has 4 rings (SSSR count). The minimum atomic E-state index is -3.74. The van der Waals surface area contributed by atoms with Gasteiger partial charge in [-0.1, -0.05) is 36.4 Å². The predicted molar refractivity (Wildman–Crippen MR) is 97.3 cm³/mol. The first-order valence-electron chi connectivity index (χ1n) is 8.53. The third-order valence-electron chi connectivity index (χ3n) is 5.34. The van der Waals surface area contributed by atoms with Gasteiger partial charge in [-0.15, -0.1) is 0 Å². The highest BCUT2D eigenvalue weighted by Crippen LogP contribution is 2.49. The zero-order valence-corrected chi connectivity index (χ0v) is 15.1. The van der Waals surface area contributed by atoms with E-state index in [1.54, 1.807) is 41.3 Å². The highest BCUT2D eigenvalue weighted by molar-refractivity contribution is 7.92. The Bertz CT molecular complexity index is 945. The number of para-hydroxylation sites is 1. The molecule has 2 aromatic carbocycles. The van der Waals surface area contributed by atoms with Gasteiger partial charge in [0.1, 0.15) is 0 Å². The lowest BCUT2D eigenvalue weighted by atomic mass is 9.72. The molecule has 2 aliphatic heterocycles. The van der Waals surface area contributed by atoms with Crippen LogP contribution in [0.25, 0.3) is 0 Å². The van der Waals surface area contributed by atoms with Gasteiger partial charge in [-0.05, 0) is 23.8 Å². The number of anilines is 1. The molecule has 136 valence electrons. The van der Waals surface area contributed by atoms with Crippen LogP contribution < -0.4 is 4.31 Å². The molecule has 2 aromatic rings. The van der Waals surface area contributed by atoms with Crippen LogP contribution in [0.5, 0.6) is 0 Å². The second-order valence-corrected chi connectivity index (χ2v) is 8.54. The van der Waals surface area contributed by atoms with E-state index in [2.05, 4.69) is 0 Å². The number of likely N-dealkylation sites (tertiary alicyclic amines) is 1. The summed E-state index contributed by atoms with van der Waals surface area (Å²) in [6.07, 6.45) is 0. The fourth-order valence-corrected chi connectivity index (χ4v) is 5.77. The van der Waals surface area contributed by atoms with Gasteiger partial charge >= 0.3 is 0 Å². The molecule has 2 aliphatic rings. The van der Waals surface area contributed by atoms with E-state index in [1.165, 1.54) is 11.2 Å². The van der Waals surface area contributed by atoms with Crippen LogP contribution >= 0.6 is 0 Å². The fourth-order valence-electron chi connectivity index (χ4n) is 4.24. The van der Waals surface area contributed by atoms with Gasteiger partial charge in [-0.25, -0.2) is 8.42 Å². The molecule has 1 saturated heterocycles.